The molecule has 0 heterocycles. The molecule has 0 spiro atoms. The van der Waals surface area contributed by atoms with Gasteiger partial charge in [-0.1, -0.05) is 47.9 Å². The minimum atomic E-state index is 0.0698. The van der Waals surface area contributed by atoms with E-state index in [0.717, 1.165) is 36.8 Å². The van der Waals surface area contributed by atoms with Crippen LogP contribution in [0.3, 0.4) is 0 Å². The van der Waals surface area contributed by atoms with Crippen LogP contribution in [0.5, 0.6) is 0 Å². The second-order valence-electron chi connectivity index (χ2n) is 6.08. The number of benzene rings is 2. The lowest BCUT2D eigenvalue weighted by Crippen LogP contribution is -1.90. The molecule has 2 aromatic carbocycles. The van der Waals surface area contributed by atoms with Crippen molar-refractivity contribution in [2.24, 2.45) is 0 Å². The normalized spacial score (nSPS) is 9.46. The van der Waals surface area contributed by atoms with Gasteiger partial charge in [0.15, 0.2) is 11.6 Å². The Labute approximate surface area is 155 Å². The van der Waals surface area contributed by atoms with E-state index in [1.807, 2.05) is 48.5 Å². The molecule has 0 N–H and O–H groups in total. The molecule has 2 rings (SSSR count). The van der Waals surface area contributed by atoms with Crippen LogP contribution in [0.1, 0.15) is 71.4 Å². The van der Waals surface area contributed by atoms with Crippen molar-refractivity contribution < 1.29 is 9.59 Å². The van der Waals surface area contributed by atoms with Gasteiger partial charge in [0.1, 0.15) is 0 Å². The first-order chi connectivity index (χ1) is 12.6. The third-order valence-corrected chi connectivity index (χ3v) is 3.90. The van der Waals surface area contributed by atoms with Crippen molar-refractivity contribution in [1.82, 2.24) is 0 Å². The Hall–Kier alpha value is -3.10. The van der Waals surface area contributed by atoms with E-state index in [1.165, 1.54) is 0 Å². The number of Topliss-reactive ketones (excluding diaryl/α,β-unsaturated/α-hetero) is 2. The molecule has 0 amide bonds. The molecule has 0 aliphatic rings. The largest absolute Gasteiger partial charge is 0.295 e. The Morgan fingerprint density at radius 1 is 0.654 bits per heavy atom. The van der Waals surface area contributed by atoms with Crippen molar-refractivity contribution in [3.8, 4) is 23.7 Å². The molecule has 0 aliphatic carbocycles. The van der Waals surface area contributed by atoms with Crippen LogP contribution in [-0.4, -0.2) is 11.6 Å². The summed E-state index contributed by atoms with van der Waals surface area (Å²) in [5.74, 6) is 12.7. The van der Waals surface area contributed by atoms with Crippen molar-refractivity contribution in [3.63, 3.8) is 0 Å². The van der Waals surface area contributed by atoms with Gasteiger partial charge in [-0.2, -0.15) is 0 Å². The summed E-state index contributed by atoms with van der Waals surface area (Å²) in [6, 6.07) is 14.8. The standard InChI is InChI=1S/C24H22O2/c1-19(25)23-15-11-21(12-16-23)9-7-5-3-4-6-8-10-22-13-17-24(18-14-22)20(2)26/h11-18H,3-6H2,1-2H3. The van der Waals surface area contributed by atoms with Gasteiger partial charge in [0.2, 0.25) is 0 Å². The molecular weight excluding hydrogens is 320 g/mol. The van der Waals surface area contributed by atoms with E-state index in [-0.39, 0.29) is 11.6 Å². The molecule has 0 bridgehead atoms. The van der Waals surface area contributed by atoms with E-state index in [0.29, 0.717) is 11.1 Å². The van der Waals surface area contributed by atoms with Crippen LogP contribution in [0.2, 0.25) is 0 Å². The second kappa shape index (κ2) is 10.0. The fraction of sp³-hybridized carbons (Fsp3) is 0.250. The van der Waals surface area contributed by atoms with Gasteiger partial charge in [0.25, 0.3) is 0 Å². The number of ketones is 2. The number of carbonyl (C=O) groups excluding carboxylic acids is 2. The molecule has 130 valence electrons. The summed E-state index contributed by atoms with van der Waals surface area (Å²) in [7, 11) is 0. The molecular formula is C24H22O2. The predicted molar refractivity (Wildman–Crippen MR) is 105 cm³/mol. The summed E-state index contributed by atoms with van der Waals surface area (Å²) in [6.45, 7) is 3.12. The third kappa shape index (κ3) is 6.42. The first-order valence-corrected chi connectivity index (χ1v) is 8.76. The summed E-state index contributed by atoms with van der Waals surface area (Å²) in [5.41, 5.74) is 3.29. The average molecular weight is 342 g/mol. The first kappa shape index (κ1) is 19.2. The highest BCUT2D eigenvalue weighted by Gasteiger charge is 1.97. The first-order valence-electron chi connectivity index (χ1n) is 8.76. The molecule has 0 aliphatic heterocycles. The summed E-state index contributed by atoms with van der Waals surface area (Å²) in [6.07, 6.45) is 3.69. The van der Waals surface area contributed by atoms with Gasteiger partial charge in [-0.25, -0.2) is 0 Å². The fourth-order valence-corrected chi connectivity index (χ4v) is 2.33. The van der Waals surface area contributed by atoms with E-state index in [9.17, 15) is 9.59 Å². The summed E-state index contributed by atoms with van der Waals surface area (Å²) < 4.78 is 0. The van der Waals surface area contributed by atoms with Gasteiger partial charge in [-0.15, -0.1) is 0 Å². The van der Waals surface area contributed by atoms with Gasteiger partial charge in [0.05, 0.1) is 0 Å². The van der Waals surface area contributed by atoms with Crippen molar-refractivity contribution in [2.75, 3.05) is 0 Å². The number of rotatable bonds is 5. The molecule has 0 saturated carbocycles. The number of carbonyl (C=O) groups is 2. The maximum absolute atomic E-state index is 11.2. The zero-order valence-electron chi connectivity index (χ0n) is 15.3. The van der Waals surface area contributed by atoms with Gasteiger partial charge >= 0.3 is 0 Å². The average Bonchev–Trinajstić information content (AvgIpc) is 2.64. The van der Waals surface area contributed by atoms with Crippen molar-refractivity contribution >= 4 is 11.6 Å². The van der Waals surface area contributed by atoms with Crippen LogP contribution in [0.15, 0.2) is 48.5 Å². The maximum atomic E-state index is 11.2. The zero-order valence-corrected chi connectivity index (χ0v) is 15.3. The number of hydrogen-bond donors (Lipinski definition) is 0. The molecule has 26 heavy (non-hydrogen) atoms. The predicted octanol–water partition coefficient (Wildman–Crippen LogP) is 5.06. The Balaban J connectivity index is 1.70. The highest BCUT2D eigenvalue weighted by Crippen LogP contribution is 2.06. The minimum absolute atomic E-state index is 0.0698. The molecule has 0 fully saturated rings. The lowest BCUT2D eigenvalue weighted by molar-refractivity contribution is 0.100. The maximum Gasteiger partial charge on any atom is 0.159 e. The zero-order chi connectivity index (χ0) is 18.8. The van der Waals surface area contributed by atoms with Crippen LogP contribution < -0.4 is 0 Å². The van der Waals surface area contributed by atoms with Gasteiger partial charge < -0.3 is 0 Å². The van der Waals surface area contributed by atoms with E-state index >= 15 is 0 Å². The Bertz CT molecular complexity index is 802. The Kier molecular flexibility index (Phi) is 7.41. The number of unbranched alkanes of at least 4 members (excludes halogenated alkanes) is 3. The highest BCUT2D eigenvalue weighted by molar-refractivity contribution is 5.94. The van der Waals surface area contributed by atoms with Gasteiger partial charge in [0, 0.05) is 35.1 Å². The Morgan fingerprint density at radius 2 is 1.00 bits per heavy atom. The summed E-state index contributed by atoms with van der Waals surface area (Å²) >= 11 is 0. The van der Waals surface area contributed by atoms with Crippen LogP contribution in [0.25, 0.3) is 0 Å². The SMILES string of the molecule is CC(=O)c1ccc(C#CCCCCC#Cc2ccc(C(C)=O)cc2)cc1. The monoisotopic (exact) mass is 342 g/mol. The molecule has 0 unspecified atom stereocenters. The van der Waals surface area contributed by atoms with E-state index in [2.05, 4.69) is 23.7 Å². The Morgan fingerprint density at radius 3 is 1.31 bits per heavy atom. The molecule has 0 atom stereocenters. The molecule has 0 radical (unpaired) electrons. The van der Waals surface area contributed by atoms with E-state index in [4.69, 9.17) is 0 Å². The van der Waals surface area contributed by atoms with Crippen LogP contribution in [-0.2, 0) is 0 Å². The summed E-state index contributed by atoms with van der Waals surface area (Å²) in [5, 5.41) is 0. The van der Waals surface area contributed by atoms with Crippen molar-refractivity contribution in [1.29, 1.82) is 0 Å². The smallest absolute Gasteiger partial charge is 0.159 e. The third-order valence-electron chi connectivity index (χ3n) is 3.90. The molecule has 0 aromatic heterocycles. The lowest BCUT2D eigenvalue weighted by Gasteiger charge is -1.95. The molecule has 2 aromatic rings. The van der Waals surface area contributed by atoms with E-state index in [1.54, 1.807) is 13.8 Å². The topological polar surface area (TPSA) is 34.1 Å². The van der Waals surface area contributed by atoms with Crippen LogP contribution in [0, 0.1) is 23.7 Å². The van der Waals surface area contributed by atoms with Crippen molar-refractivity contribution in [3.05, 3.63) is 70.8 Å². The van der Waals surface area contributed by atoms with Crippen molar-refractivity contribution in [2.45, 2.75) is 39.5 Å². The van der Waals surface area contributed by atoms with Gasteiger partial charge in [-0.3, -0.25) is 9.59 Å². The second-order valence-corrected chi connectivity index (χ2v) is 6.08. The van der Waals surface area contributed by atoms with E-state index < -0.39 is 0 Å². The number of hydrogen-bond acceptors (Lipinski definition) is 2. The quantitative estimate of drug-likeness (QED) is 0.432. The highest BCUT2D eigenvalue weighted by atomic mass is 16.1. The molecule has 0 saturated heterocycles. The molecule has 2 nitrogen and oxygen atoms in total. The lowest BCUT2D eigenvalue weighted by atomic mass is 10.1. The fourth-order valence-electron chi connectivity index (χ4n) is 2.33. The van der Waals surface area contributed by atoms with Crippen LogP contribution in [0.4, 0.5) is 0 Å². The minimum Gasteiger partial charge on any atom is -0.295 e. The summed E-state index contributed by atoms with van der Waals surface area (Å²) in [4.78, 5) is 22.4. The van der Waals surface area contributed by atoms with Crippen LogP contribution >= 0.6 is 0 Å². The van der Waals surface area contributed by atoms with Gasteiger partial charge in [-0.05, 0) is 51.0 Å². The molecule has 2 heteroatoms.